The zero-order valence-corrected chi connectivity index (χ0v) is 23.8. The molecule has 2 aliphatic heterocycles. The van der Waals surface area contributed by atoms with Gasteiger partial charge < -0.3 is 15.3 Å². The van der Waals surface area contributed by atoms with E-state index in [1.54, 1.807) is 20.8 Å². The molecule has 2 heterocycles. The highest BCUT2D eigenvalue weighted by molar-refractivity contribution is 6.17. The van der Waals surface area contributed by atoms with E-state index in [1.165, 1.54) is 35.0 Å². The van der Waals surface area contributed by atoms with E-state index in [9.17, 15) is 46.6 Å². The van der Waals surface area contributed by atoms with Crippen molar-refractivity contribution in [2.24, 2.45) is 5.92 Å². The summed E-state index contributed by atoms with van der Waals surface area (Å²) in [6.07, 6.45) is -4.76. The Morgan fingerprint density at radius 2 is 1.63 bits per heavy atom. The summed E-state index contributed by atoms with van der Waals surface area (Å²) in [4.78, 5) is 68.1. The van der Waals surface area contributed by atoms with Crippen LogP contribution in [0.2, 0.25) is 0 Å². The molecule has 2 aromatic rings. The Hall–Kier alpha value is -4.49. The van der Waals surface area contributed by atoms with E-state index in [0.29, 0.717) is 29.4 Å². The van der Waals surface area contributed by atoms with E-state index in [2.05, 4.69) is 5.32 Å². The van der Waals surface area contributed by atoms with E-state index in [0.717, 1.165) is 4.90 Å². The van der Waals surface area contributed by atoms with Gasteiger partial charge in [-0.1, -0.05) is 13.8 Å². The zero-order chi connectivity index (χ0) is 32.0. The highest BCUT2D eigenvalue weighted by Crippen LogP contribution is 2.41. The number of alkyl halides is 3. The summed E-state index contributed by atoms with van der Waals surface area (Å²) in [5.41, 5.74) is -2.68. The number of benzene rings is 2. The number of halogens is 4. The molecule has 1 spiro atoms. The lowest BCUT2D eigenvalue weighted by Gasteiger charge is -2.43. The number of anilines is 1. The number of nitrogens with zero attached hydrogens (tertiary/aromatic N) is 3. The summed E-state index contributed by atoms with van der Waals surface area (Å²) >= 11 is 0. The van der Waals surface area contributed by atoms with E-state index in [4.69, 9.17) is 0 Å². The van der Waals surface area contributed by atoms with Crippen LogP contribution in [0.15, 0.2) is 36.4 Å². The molecule has 14 heteroatoms. The van der Waals surface area contributed by atoms with Gasteiger partial charge in [0.25, 0.3) is 11.8 Å². The van der Waals surface area contributed by atoms with Crippen molar-refractivity contribution in [3.8, 4) is 0 Å². The highest BCUT2D eigenvalue weighted by Gasteiger charge is 2.58. The molecule has 10 nitrogen and oxygen atoms in total. The number of imide groups is 1. The number of carboxylic acids is 1. The van der Waals surface area contributed by atoms with Gasteiger partial charge in [-0.15, -0.1) is 0 Å². The maximum Gasteiger partial charge on any atom is 0.416 e. The van der Waals surface area contributed by atoms with Crippen LogP contribution in [-0.2, 0) is 15.8 Å². The summed E-state index contributed by atoms with van der Waals surface area (Å²) in [6, 6.07) is 3.89. The Morgan fingerprint density at radius 1 is 1.00 bits per heavy atom. The third-order valence-corrected chi connectivity index (χ3v) is 7.97. The fourth-order valence-electron chi connectivity index (χ4n) is 5.55. The molecule has 0 radical (unpaired) electrons. The van der Waals surface area contributed by atoms with Crippen molar-refractivity contribution in [1.29, 1.82) is 0 Å². The summed E-state index contributed by atoms with van der Waals surface area (Å²) in [5, 5.41) is 11.7. The molecule has 2 aromatic carbocycles. The number of carboxylic acid groups (broad SMARTS) is 1. The lowest BCUT2D eigenvalue weighted by Crippen LogP contribution is -2.60. The normalized spacial score (nSPS) is 17.6. The molecule has 1 atom stereocenters. The van der Waals surface area contributed by atoms with E-state index in [-0.39, 0.29) is 31.5 Å². The number of carbonyl (C=O) groups excluding carboxylic acids is 4. The van der Waals surface area contributed by atoms with Crippen LogP contribution in [0.3, 0.4) is 0 Å². The van der Waals surface area contributed by atoms with Crippen LogP contribution in [0.4, 0.5) is 28.0 Å². The number of carbonyl (C=O) groups is 5. The second-order valence-corrected chi connectivity index (χ2v) is 11.0. The van der Waals surface area contributed by atoms with Crippen molar-refractivity contribution < 1.29 is 46.6 Å². The molecule has 230 valence electrons. The summed E-state index contributed by atoms with van der Waals surface area (Å²) < 4.78 is 53.8. The molecule has 2 N–H and O–H groups in total. The Bertz CT molecular complexity index is 1500. The first kappa shape index (κ1) is 31.4. The van der Waals surface area contributed by atoms with Gasteiger partial charge in [-0.3, -0.25) is 24.2 Å². The van der Waals surface area contributed by atoms with Crippen molar-refractivity contribution in [3.63, 3.8) is 0 Å². The van der Waals surface area contributed by atoms with Crippen LogP contribution in [0.1, 0.15) is 58.5 Å². The first-order valence-corrected chi connectivity index (χ1v) is 13.4. The zero-order valence-electron chi connectivity index (χ0n) is 23.8. The Morgan fingerprint density at radius 3 is 2.16 bits per heavy atom. The monoisotopic (exact) mass is 606 g/mol. The first-order valence-electron chi connectivity index (χ1n) is 13.4. The number of urea groups is 1. The Kier molecular flexibility index (Phi) is 8.27. The second kappa shape index (κ2) is 11.3. The van der Waals surface area contributed by atoms with Gasteiger partial charge in [0.1, 0.15) is 17.4 Å². The van der Waals surface area contributed by atoms with E-state index >= 15 is 0 Å². The van der Waals surface area contributed by atoms with Gasteiger partial charge in [0.2, 0.25) is 5.91 Å². The van der Waals surface area contributed by atoms with Crippen LogP contribution >= 0.6 is 0 Å². The Labute approximate surface area is 244 Å². The standard InChI is InChI=1S/C29H30F4N4O6/c1-15(2)22(34-23(38)20-14-17(29(31,32)33)5-8-21(20)30)24(39)36-11-9-28(10-12-36)26(42)35(4)27(43)37(28)18-6-7-19(25(40)41)16(3)13-18/h5-8,13-15,22H,9-12H2,1-4H3,(H,34,38)(H,40,41). The number of amides is 5. The van der Waals surface area contributed by atoms with Crippen molar-refractivity contribution in [2.45, 2.75) is 51.4 Å². The third-order valence-electron chi connectivity index (χ3n) is 7.97. The minimum Gasteiger partial charge on any atom is -0.478 e. The quantitative estimate of drug-likeness (QED) is 0.377. The lowest BCUT2D eigenvalue weighted by molar-refractivity contribution is -0.139. The number of hydrogen-bond acceptors (Lipinski definition) is 5. The Balaban J connectivity index is 1.55. The molecule has 43 heavy (non-hydrogen) atoms. The third kappa shape index (κ3) is 5.65. The molecule has 2 fully saturated rings. The predicted octanol–water partition coefficient (Wildman–Crippen LogP) is 4.07. The van der Waals surface area contributed by atoms with Gasteiger partial charge >= 0.3 is 18.2 Å². The molecule has 0 bridgehead atoms. The van der Waals surface area contributed by atoms with Crippen molar-refractivity contribution in [3.05, 3.63) is 64.5 Å². The first-order chi connectivity index (χ1) is 20.0. The number of likely N-dealkylation sites (tertiary alicyclic amines) is 1. The van der Waals surface area contributed by atoms with Crippen molar-refractivity contribution in [1.82, 2.24) is 15.1 Å². The topological polar surface area (TPSA) is 127 Å². The minimum atomic E-state index is -4.81. The summed E-state index contributed by atoms with van der Waals surface area (Å²) in [7, 11) is 1.33. The van der Waals surface area contributed by atoms with Crippen LogP contribution < -0.4 is 10.2 Å². The lowest BCUT2D eigenvalue weighted by atomic mass is 9.84. The van der Waals surface area contributed by atoms with Crippen molar-refractivity contribution >= 4 is 35.4 Å². The van der Waals surface area contributed by atoms with Gasteiger partial charge in [0.05, 0.1) is 16.7 Å². The van der Waals surface area contributed by atoms with Crippen LogP contribution in [0.25, 0.3) is 0 Å². The molecule has 5 amide bonds. The average Bonchev–Trinajstić information content (AvgIpc) is 3.11. The molecule has 4 rings (SSSR count). The van der Waals surface area contributed by atoms with Gasteiger partial charge in [-0.05, 0) is 67.6 Å². The number of likely N-dealkylation sites (N-methyl/N-ethyl adjacent to an activating group) is 1. The number of aryl methyl sites for hydroxylation is 1. The molecule has 0 aromatic heterocycles. The number of hydrogen-bond donors (Lipinski definition) is 2. The van der Waals surface area contributed by atoms with Gasteiger partial charge in [0.15, 0.2) is 0 Å². The molecular weight excluding hydrogens is 576 g/mol. The molecule has 0 aliphatic carbocycles. The number of piperidine rings is 1. The number of aromatic carboxylic acids is 1. The molecule has 2 saturated heterocycles. The van der Waals surface area contributed by atoms with Crippen LogP contribution in [-0.4, -0.2) is 76.3 Å². The van der Waals surface area contributed by atoms with Crippen LogP contribution in [0, 0.1) is 18.7 Å². The van der Waals surface area contributed by atoms with E-state index in [1.807, 2.05) is 0 Å². The number of rotatable bonds is 6. The second-order valence-electron chi connectivity index (χ2n) is 11.0. The summed E-state index contributed by atoms with van der Waals surface area (Å²) in [5.74, 6) is -5.11. The van der Waals surface area contributed by atoms with Gasteiger partial charge in [-0.2, -0.15) is 13.2 Å². The minimum absolute atomic E-state index is 0.00854. The fourth-order valence-corrected chi connectivity index (χ4v) is 5.55. The van der Waals surface area contributed by atoms with Crippen molar-refractivity contribution in [2.75, 3.05) is 25.0 Å². The van der Waals surface area contributed by atoms with Crippen LogP contribution in [0.5, 0.6) is 0 Å². The fraction of sp³-hybridized carbons (Fsp3) is 0.414. The smallest absolute Gasteiger partial charge is 0.416 e. The maximum absolute atomic E-state index is 14.3. The van der Waals surface area contributed by atoms with E-state index < -0.39 is 70.3 Å². The molecule has 0 saturated carbocycles. The summed E-state index contributed by atoms with van der Waals surface area (Å²) in [6.45, 7) is 4.76. The molecule has 1 unspecified atom stereocenters. The molecule has 2 aliphatic rings. The van der Waals surface area contributed by atoms with Gasteiger partial charge in [0, 0.05) is 25.8 Å². The highest BCUT2D eigenvalue weighted by atomic mass is 19.4. The maximum atomic E-state index is 14.3. The number of nitrogens with one attached hydrogen (secondary N) is 1. The predicted molar refractivity (Wildman–Crippen MR) is 145 cm³/mol. The average molecular weight is 607 g/mol. The SMILES string of the molecule is Cc1cc(N2C(=O)N(C)C(=O)C23CCN(C(=O)C(NC(=O)c2cc(C(F)(F)F)ccc2F)C(C)C)CC3)ccc1C(=O)O. The largest absolute Gasteiger partial charge is 0.478 e. The molecular formula is C29H30F4N4O6. The van der Waals surface area contributed by atoms with Gasteiger partial charge in [-0.25, -0.2) is 14.0 Å².